The van der Waals surface area contributed by atoms with Crippen LogP contribution >= 0.6 is 0 Å². The van der Waals surface area contributed by atoms with Crippen molar-refractivity contribution in [3.8, 4) is 11.5 Å². The number of rotatable bonds is 8. The van der Waals surface area contributed by atoms with Gasteiger partial charge in [-0.3, -0.25) is 4.79 Å². The van der Waals surface area contributed by atoms with Crippen LogP contribution in [0.1, 0.15) is 44.1 Å². The molecule has 5 nitrogen and oxygen atoms in total. The molecule has 0 spiro atoms. The van der Waals surface area contributed by atoms with Gasteiger partial charge in [-0.15, -0.1) is 0 Å². The second-order valence-electron chi connectivity index (χ2n) is 9.57. The molecule has 1 unspecified atom stereocenters. The van der Waals surface area contributed by atoms with Crippen LogP contribution in [0.15, 0.2) is 18.2 Å². The molecule has 0 aromatic heterocycles. The summed E-state index contributed by atoms with van der Waals surface area (Å²) < 4.78 is 10.7. The molecule has 154 valence electrons. The molecule has 0 heterocycles. The molecule has 5 heteroatoms. The Bertz CT molecular complexity index is 683. The van der Waals surface area contributed by atoms with Crippen LogP contribution in [0, 0.1) is 17.8 Å². The molecule has 4 saturated carbocycles. The van der Waals surface area contributed by atoms with Crippen LogP contribution in [0.25, 0.3) is 0 Å². The van der Waals surface area contributed by atoms with Crippen LogP contribution in [0.5, 0.6) is 11.5 Å². The highest BCUT2D eigenvalue weighted by Gasteiger charge is 2.51. The van der Waals surface area contributed by atoms with E-state index in [0.717, 1.165) is 42.2 Å². The molecule has 2 N–H and O–H groups in total. The first kappa shape index (κ1) is 19.6. The minimum atomic E-state index is 0.120. The fraction of sp³-hybridized carbons (Fsp3) is 0.696. The first-order valence-electron chi connectivity index (χ1n) is 10.8. The van der Waals surface area contributed by atoms with Crippen LogP contribution in [-0.2, 0) is 11.2 Å². The summed E-state index contributed by atoms with van der Waals surface area (Å²) in [4.78, 5) is 14.0. The van der Waals surface area contributed by atoms with Gasteiger partial charge in [-0.2, -0.15) is 0 Å². The predicted molar refractivity (Wildman–Crippen MR) is 109 cm³/mol. The Kier molecular flexibility index (Phi) is 5.55. The Balaban J connectivity index is 1.27. The Hall–Kier alpha value is -1.75. The summed E-state index contributed by atoms with van der Waals surface area (Å²) in [6.45, 7) is 1.47. The Morgan fingerprint density at radius 3 is 2.25 bits per heavy atom. The van der Waals surface area contributed by atoms with Crippen LogP contribution < -0.4 is 19.7 Å². The van der Waals surface area contributed by atoms with E-state index in [2.05, 4.69) is 18.4 Å². The zero-order chi connectivity index (χ0) is 19.7. The molecule has 0 aliphatic heterocycles. The fourth-order valence-corrected chi connectivity index (χ4v) is 6.36. The highest BCUT2D eigenvalue weighted by Crippen LogP contribution is 2.55. The zero-order valence-electron chi connectivity index (χ0n) is 17.6. The molecule has 1 aromatic rings. The topological polar surface area (TPSA) is 52.0 Å². The molecule has 1 atom stereocenters. The maximum Gasteiger partial charge on any atom is 0.275 e. The van der Waals surface area contributed by atoms with Gasteiger partial charge in [-0.05, 0) is 74.0 Å². The maximum absolute atomic E-state index is 12.8. The van der Waals surface area contributed by atoms with Crippen molar-refractivity contribution in [2.45, 2.75) is 50.5 Å². The molecule has 0 radical (unpaired) electrons. The van der Waals surface area contributed by atoms with Gasteiger partial charge in [0.25, 0.3) is 5.91 Å². The number of methoxy groups -OCH3 is 2. The van der Waals surface area contributed by atoms with Crippen molar-refractivity contribution in [2.75, 3.05) is 34.4 Å². The van der Waals surface area contributed by atoms with Crippen molar-refractivity contribution in [1.29, 1.82) is 0 Å². The van der Waals surface area contributed by atoms with Gasteiger partial charge in [0.1, 0.15) is 0 Å². The van der Waals surface area contributed by atoms with Crippen molar-refractivity contribution in [3.05, 3.63) is 23.8 Å². The van der Waals surface area contributed by atoms with Gasteiger partial charge in [0, 0.05) is 12.0 Å². The lowest BCUT2D eigenvalue weighted by Crippen LogP contribution is -3.10. The van der Waals surface area contributed by atoms with Crippen molar-refractivity contribution in [3.63, 3.8) is 0 Å². The molecular weight excluding hydrogens is 352 g/mol. The molecule has 5 rings (SSSR count). The molecule has 4 bridgehead atoms. The Morgan fingerprint density at radius 1 is 1.07 bits per heavy atom. The molecule has 4 aliphatic rings. The lowest BCUT2D eigenvalue weighted by atomic mass is 9.53. The third-order valence-electron chi connectivity index (χ3n) is 7.19. The quantitative estimate of drug-likeness (QED) is 0.716. The summed E-state index contributed by atoms with van der Waals surface area (Å²) in [6, 6.07) is 6.05. The standard InChI is InChI=1S/C23H34N2O3/c1-25(7-6-16-4-5-20(27-2)21(11-16)28-3)15-22(26)24-23-12-17-8-18(13-23)10-19(9-17)14-23/h4-5,11,17-19H,6-10,12-15H2,1-3H3,(H,24,26)/p+1. The van der Waals surface area contributed by atoms with Crippen molar-refractivity contribution in [1.82, 2.24) is 5.32 Å². The minimum absolute atomic E-state index is 0.120. The van der Waals surface area contributed by atoms with E-state index >= 15 is 0 Å². The van der Waals surface area contributed by atoms with E-state index in [1.165, 1.54) is 49.0 Å². The van der Waals surface area contributed by atoms with Gasteiger partial charge in [0.2, 0.25) is 0 Å². The van der Waals surface area contributed by atoms with Gasteiger partial charge >= 0.3 is 0 Å². The molecular formula is C23H35N2O3+. The maximum atomic E-state index is 12.8. The molecule has 1 aromatic carbocycles. The average Bonchev–Trinajstić information content (AvgIpc) is 2.64. The number of carbonyl (C=O) groups is 1. The number of hydrogen-bond acceptors (Lipinski definition) is 3. The van der Waals surface area contributed by atoms with E-state index in [4.69, 9.17) is 9.47 Å². The first-order chi connectivity index (χ1) is 13.5. The number of ether oxygens (including phenoxy) is 2. The van der Waals surface area contributed by atoms with Gasteiger partial charge in [0.05, 0.1) is 27.8 Å². The van der Waals surface area contributed by atoms with Crippen LogP contribution in [0.4, 0.5) is 0 Å². The highest BCUT2D eigenvalue weighted by atomic mass is 16.5. The number of nitrogens with one attached hydrogen (secondary N) is 2. The molecule has 0 saturated heterocycles. The van der Waals surface area contributed by atoms with E-state index in [9.17, 15) is 4.79 Å². The number of quaternary nitrogens is 1. The van der Waals surface area contributed by atoms with Crippen LogP contribution in [-0.4, -0.2) is 45.8 Å². The number of likely N-dealkylation sites (N-methyl/N-ethyl adjacent to an activating group) is 1. The van der Waals surface area contributed by atoms with Gasteiger partial charge < -0.3 is 19.7 Å². The number of benzene rings is 1. The fourth-order valence-electron chi connectivity index (χ4n) is 6.36. The van der Waals surface area contributed by atoms with E-state index in [0.29, 0.717) is 6.54 Å². The van der Waals surface area contributed by atoms with E-state index in [-0.39, 0.29) is 11.4 Å². The Morgan fingerprint density at radius 2 is 1.68 bits per heavy atom. The Labute approximate surface area is 168 Å². The monoisotopic (exact) mass is 387 g/mol. The third-order valence-corrected chi connectivity index (χ3v) is 7.19. The van der Waals surface area contributed by atoms with Gasteiger partial charge in [-0.1, -0.05) is 6.07 Å². The smallest absolute Gasteiger partial charge is 0.275 e. The lowest BCUT2D eigenvalue weighted by molar-refractivity contribution is -0.871. The summed E-state index contributed by atoms with van der Waals surface area (Å²) in [5.41, 5.74) is 1.33. The zero-order valence-corrected chi connectivity index (χ0v) is 17.6. The second-order valence-corrected chi connectivity index (χ2v) is 9.57. The number of hydrogen-bond donors (Lipinski definition) is 2. The highest BCUT2D eigenvalue weighted by molar-refractivity contribution is 5.77. The molecule has 28 heavy (non-hydrogen) atoms. The second kappa shape index (κ2) is 7.94. The predicted octanol–water partition coefficient (Wildman–Crippen LogP) is 1.85. The van der Waals surface area contributed by atoms with E-state index < -0.39 is 0 Å². The largest absolute Gasteiger partial charge is 0.493 e. The van der Waals surface area contributed by atoms with Crippen molar-refractivity contribution < 1.29 is 19.2 Å². The van der Waals surface area contributed by atoms with Crippen molar-refractivity contribution >= 4 is 5.91 Å². The van der Waals surface area contributed by atoms with Gasteiger partial charge in [-0.25, -0.2) is 0 Å². The SMILES string of the molecule is COc1ccc(CC[NH+](C)CC(=O)NC23CC4CC(CC(C4)C2)C3)cc1OC. The first-order valence-corrected chi connectivity index (χ1v) is 10.8. The molecule has 4 aliphatic carbocycles. The number of amides is 1. The molecule has 4 fully saturated rings. The summed E-state index contributed by atoms with van der Waals surface area (Å²) >= 11 is 0. The summed E-state index contributed by atoms with van der Waals surface area (Å²) in [6.07, 6.45) is 8.79. The van der Waals surface area contributed by atoms with E-state index in [1.54, 1.807) is 14.2 Å². The summed E-state index contributed by atoms with van der Waals surface area (Å²) in [5.74, 6) is 4.33. The molecule has 1 amide bonds. The number of carbonyl (C=O) groups excluding carboxylic acids is 1. The normalized spacial score (nSPS) is 31.5. The summed E-state index contributed by atoms with van der Waals surface area (Å²) in [5, 5.41) is 3.49. The van der Waals surface area contributed by atoms with Crippen molar-refractivity contribution in [2.24, 2.45) is 17.8 Å². The van der Waals surface area contributed by atoms with E-state index in [1.807, 2.05) is 12.1 Å². The minimum Gasteiger partial charge on any atom is -0.493 e. The van der Waals surface area contributed by atoms with Crippen LogP contribution in [0.2, 0.25) is 0 Å². The third kappa shape index (κ3) is 4.14. The average molecular weight is 388 g/mol. The summed E-state index contributed by atoms with van der Waals surface area (Å²) in [7, 11) is 5.42. The van der Waals surface area contributed by atoms with Crippen LogP contribution in [0.3, 0.4) is 0 Å². The van der Waals surface area contributed by atoms with Gasteiger partial charge in [0.15, 0.2) is 18.0 Å². The lowest BCUT2D eigenvalue weighted by Gasteiger charge is -2.56.